The van der Waals surface area contributed by atoms with Gasteiger partial charge in [0.05, 0.1) is 5.56 Å². The van der Waals surface area contributed by atoms with Crippen LogP contribution in [0.2, 0.25) is 5.02 Å². The molecule has 0 fully saturated rings. The molecule has 0 aliphatic rings. The molecule has 0 spiro atoms. The van der Waals surface area contributed by atoms with Crippen LogP contribution < -0.4 is 5.32 Å². The molecule has 1 atom stereocenters. The van der Waals surface area contributed by atoms with Crippen LogP contribution in [0.5, 0.6) is 0 Å². The fourth-order valence-corrected chi connectivity index (χ4v) is 1.98. The Bertz CT molecular complexity index is 614. The van der Waals surface area contributed by atoms with Crippen molar-refractivity contribution in [3.05, 3.63) is 58.2 Å². The first-order valence-electron chi connectivity index (χ1n) is 5.99. The zero-order valence-electron chi connectivity index (χ0n) is 10.8. The number of pyridine rings is 1. The summed E-state index contributed by atoms with van der Waals surface area (Å²) in [5.74, 6) is 0.536. The summed E-state index contributed by atoms with van der Waals surface area (Å²) in [6, 6.07) is 12.0. The van der Waals surface area contributed by atoms with Crippen LogP contribution in [-0.2, 0) is 0 Å². The van der Waals surface area contributed by atoms with E-state index >= 15 is 0 Å². The third-order valence-corrected chi connectivity index (χ3v) is 3.32. The first-order valence-corrected chi connectivity index (χ1v) is 6.37. The van der Waals surface area contributed by atoms with Crippen LogP contribution in [-0.4, -0.2) is 4.98 Å². The zero-order chi connectivity index (χ0) is 13.8. The molecule has 4 heteroatoms. The van der Waals surface area contributed by atoms with Gasteiger partial charge in [0.1, 0.15) is 16.9 Å². The van der Waals surface area contributed by atoms with Crippen molar-refractivity contribution in [3.8, 4) is 6.07 Å². The van der Waals surface area contributed by atoms with Gasteiger partial charge in [-0.05, 0) is 25.5 Å². The number of nitrogens with zero attached hydrogens (tertiary/aromatic N) is 2. The standard InChI is InChI=1S/C15H14ClN3/c1-10-3-5-12(6-4-10)11(2)19-15-14(16)13(9-17)7-8-18-15/h3-8,11H,1-2H3,(H,18,19). The van der Waals surface area contributed by atoms with Gasteiger partial charge in [0.2, 0.25) is 0 Å². The van der Waals surface area contributed by atoms with E-state index < -0.39 is 0 Å². The Balaban J connectivity index is 2.22. The van der Waals surface area contributed by atoms with Gasteiger partial charge in [0.25, 0.3) is 0 Å². The molecule has 1 unspecified atom stereocenters. The number of anilines is 1. The molecular formula is C15H14ClN3. The second kappa shape index (κ2) is 5.73. The normalized spacial score (nSPS) is 11.7. The monoisotopic (exact) mass is 271 g/mol. The fraction of sp³-hybridized carbons (Fsp3) is 0.200. The van der Waals surface area contributed by atoms with Crippen LogP contribution in [0.25, 0.3) is 0 Å². The highest BCUT2D eigenvalue weighted by Gasteiger charge is 2.11. The second-order valence-electron chi connectivity index (χ2n) is 4.41. The number of nitrogens with one attached hydrogen (secondary N) is 1. The van der Waals surface area contributed by atoms with E-state index in [9.17, 15) is 0 Å². The molecule has 0 saturated heterocycles. The first-order chi connectivity index (χ1) is 9.11. The second-order valence-corrected chi connectivity index (χ2v) is 4.79. The average molecular weight is 272 g/mol. The number of aryl methyl sites for hydroxylation is 1. The summed E-state index contributed by atoms with van der Waals surface area (Å²) in [6.45, 7) is 4.08. The van der Waals surface area contributed by atoms with Crippen LogP contribution in [0.1, 0.15) is 29.7 Å². The lowest BCUT2D eigenvalue weighted by atomic mass is 10.1. The van der Waals surface area contributed by atoms with Crippen LogP contribution >= 0.6 is 11.6 Å². The quantitative estimate of drug-likeness (QED) is 0.915. The molecule has 0 radical (unpaired) electrons. The number of hydrogen-bond acceptors (Lipinski definition) is 3. The zero-order valence-corrected chi connectivity index (χ0v) is 11.6. The molecule has 0 amide bonds. The van der Waals surface area contributed by atoms with E-state index in [0.29, 0.717) is 16.4 Å². The number of halogens is 1. The van der Waals surface area contributed by atoms with E-state index in [1.54, 1.807) is 12.3 Å². The highest BCUT2D eigenvalue weighted by atomic mass is 35.5. The molecule has 2 rings (SSSR count). The van der Waals surface area contributed by atoms with Crippen LogP contribution in [0.4, 0.5) is 5.82 Å². The number of hydrogen-bond donors (Lipinski definition) is 1. The Morgan fingerprint density at radius 1 is 1.26 bits per heavy atom. The van der Waals surface area contributed by atoms with Crippen molar-refractivity contribution in [2.45, 2.75) is 19.9 Å². The van der Waals surface area contributed by atoms with Gasteiger partial charge in [-0.15, -0.1) is 0 Å². The molecule has 1 N–H and O–H groups in total. The summed E-state index contributed by atoms with van der Waals surface area (Å²) in [4.78, 5) is 4.18. The van der Waals surface area contributed by atoms with Gasteiger partial charge >= 0.3 is 0 Å². The maximum Gasteiger partial charge on any atom is 0.146 e. The Morgan fingerprint density at radius 2 is 1.95 bits per heavy atom. The summed E-state index contributed by atoms with van der Waals surface area (Å²) >= 11 is 6.12. The van der Waals surface area contributed by atoms with Crippen molar-refractivity contribution < 1.29 is 0 Å². The Hall–Kier alpha value is -2.05. The van der Waals surface area contributed by atoms with E-state index in [1.165, 1.54) is 5.56 Å². The Labute approximate surface area is 117 Å². The highest BCUT2D eigenvalue weighted by Crippen LogP contribution is 2.26. The minimum Gasteiger partial charge on any atom is -0.362 e. The number of aromatic nitrogens is 1. The fourth-order valence-electron chi connectivity index (χ4n) is 1.77. The summed E-state index contributed by atoms with van der Waals surface area (Å²) in [6.07, 6.45) is 1.58. The van der Waals surface area contributed by atoms with Crippen molar-refractivity contribution in [2.75, 3.05) is 5.32 Å². The summed E-state index contributed by atoms with van der Waals surface area (Å²) in [5.41, 5.74) is 2.79. The number of nitriles is 1. The smallest absolute Gasteiger partial charge is 0.146 e. The van der Waals surface area contributed by atoms with Gasteiger partial charge in [0.15, 0.2) is 0 Å². The van der Waals surface area contributed by atoms with Gasteiger partial charge in [-0.1, -0.05) is 41.4 Å². The highest BCUT2D eigenvalue weighted by molar-refractivity contribution is 6.34. The minimum atomic E-state index is 0.0690. The van der Waals surface area contributed by atoms with Gasteiger partial charge in [-0.25, -0.2) is 4.98 Å². The maximum absolute atomic E-state index is 8.93. The molecule has 1 aromatic heterocycles. The van der Waals surface area contributed by atoms with Crippen LogP contribution in [0.15, 0.2) is 36.5 Å². The molecule has 3 nitrogen and oxygen atoms in total. The largest absolute Gasteiger partial charge is 0.362 e. The third kappa shape index (κ3) is 3.04. The van der Waals surface area contributed by atoms with Gasteiger partial charge in [-0.3, -0.25) is 0 Å². The SMILES string of the molecule is Cc1ccc(C(C)Nc2nccc(C#N)c2Cl)cc1. The van der Waals surface area contributed by atoms with Crippen molar-refractivity contribution in [1.82, 2.24) is 4.98 Å². The Morgan fingerprint density at radius 3 is 2.58 bits per heavy atom. The molecule has 1 heterocycles. The molecular weight excluding hydrogens is 258 g/mol. The summed E-state index contributed by atoms with van der Waals surface area (Å²) in [7, 11) is 0. The molecule has 2 aromatic rings. The van der Waals surface area contributed by atoms with E-state index in [0.717, 1.165) is 5.56 Å². The predicted molar refractivity (Wildman–Crippen MR) is 77.2 cm³/mol. The summed E-state index contributed by atoms with van der Waals surface area (Å²) < 4.78 is 0. The van der Waals surface area contributed by atoms with E-state index in [4.69, 9.17) is 16.9 Å². The summed E-state index contributed by atoms with van der Waals surface area (Å²) in [5, 5.41) is 12.5. The lowest BCUT2D eigenvalue weighted by molar-refractivity contribution is 0.874. The van der Waals surface area contributed by atoms with Gasteiger partial charge in [0, 0.05) is 12.2 Å². The maximum atomic E-state index is 8.93. The van der Waals surface area contributed by atoms with Gasteiger partial charge in [-0.2, -0.15) is 5.26 Å². The Kier molecular flexibility index (Phi) is 4.03. The van der Waals surface area contributed by atoms with E-state index in [1.807, 2.05) is 13.0 Å². The lowest BCUT2D eigenvalue weighted by Crippen LogP contribution is -2.08. The first kappa shape index (κ1) is 13.4. The molecule has 0 saturated carbocycles. The van der Waals surface area contributed by atoms with Crippen molar-refractivity contribution in [3.63, 3.8) is 0 Å². The molecule has 19 heavy (non-hydrogen) atoms. The molecule has 0 aliphatic heterocycles. The predicted octanol–water partition coefficient (Wildman–Crippen LogP) is 4.09. The molecule has 96 valence electrons. The minimum absolute atomic E-state index is 0.0690. The molecule has 0 bridgehead atoms. The van der Waals surface area contributed by atoms with E-state index in [-0.39, 0.29) is 6.04 Å². The lowest BCUT2D eigenvalue weighted by Gasteiger charge is -2.16. The topological polar surface area (TPSA) is 48.7 Å². The molecule has 1 aromatic carbocycles. The van der Waals surface area contributed by atoms with Gasteiger partial charge < -0.3 is 5.32 Å². The van der Waals surface area contributed by atoms with Crippen molar-refractivity contribution in [2.24, 2.45) is 0 Å². The van der Waals surface area contributed by atoms with Crippen LogP contribution in [0.3, 0.4) is 0 Å². The third-order valence-electron chi connectivity index (χ3n) is 2.94. The van der Waals surface area contributed by atoms with Crippen LogP contribution in [0, 0.1) is 18.3 Å². The van der Waals surface area contributed by atoms with E-state index in [2.05, 4.69) is 41.5 Å². The van der Waals surface area contributed by atoms with Crippen molar-refractivity contribution >= 4 is 17.4 Å². The number of benzene rings is 1. The average Bonchev–Trinajstić information content (AvgIpc) is 2.42. The van der Waals surface area contributed by atoms with Crippen molar-refractivity contribution in [1.29, 1.82) is 5.26 Å². The number of rotatable bonds is 3. The molecule has 0 aliphatic carbocycles.